The van der Waals surface area contributed by atoms with Crippen LogP contribution in [-0.2, 0) is 4.79 Å². The number of aromatic nitrogens is 2. The summed E-state index contributed by atoms with van der Waals surface area (Å²) in [7, 11) is 0. The minimum absolute atomic E-state index is 0.0895. The molecule has 1 aromatic heterocycles. The molecule has 3 rings (SSSR count). The maximum Gasteiger partial charge on any atom is 0.277 e. The SMILES string of the molecule is C[C@@H](Oc1ccccc1F)c1nnc(S[C@H](C(N)=O)c2ccccc2)o1. The third kappa shape index (κ3) is 4.20. The molecule has 0 saturated heterocycles. The zero-order valence-electron chi connectivity index (χ0n) is 13.8. The van der Waals surface area contributed by atoms with Crippen LogP contribution in [0.4, 0.5) is 4.39 Å². The molecular formula is C18H16FN3O3S. The second kappa shape index (κ2) is 8.01. The maximum absolute atomic E-state index is 13.7. The predicted molar refractivity (Wildman–Crippen MR) is 94.0 cm³/mol. The van der Waals surface area contributed by atoms with Gasteiger partial charge in [0.15, 0.2) is 17.7 Å². The van der Waals surface area contributed by atoms with Gasteiger partial charge in [0, 0.05) is 0 Å². The maximum atomic E-state index is 13.7. The molecule has 0 aliphatic carbocycles. The molecule has 2 aromatic carbocycles. The summed E-state index contributed by atoms with van der Waals surface area (Å²) in [6, 6.07) is 15.1. The molecule has 1 heterocycles. The fourth-order valence-corrected chi connectivity index (χ4v) is 3.06. The summed E-state index contributed by atoms with van der Waals surface area (Å²) in [6.45, 7) is 1.66. The second-order valence-electron chi connectivity index (χ2n) is 5.41. The number of thioether (sulfide) groups is 1. The molecule has 6 nitrogen and oxygen atoms in total. The van der Waals surface area contributed by atoms with E-state index in [9.17, 15) is 9.18 Å². The van der Waals surface area contributed by atoms with Gasteiger partial charge in [-0.2, -0.15) is 0 Å². The Hall–Kier alpha value is -2.87. The van der Waals surface area contributed by atoms with E-state index in [1.54, 1.807) is 31.2 Å². The van der Waals surface area contributed by atoms with E-state index < -0.39 is 23.1 Å². The Morgan fingerprint density at radius 1 is 1.15 bits per heavy atom. The summed E-state index contributed by atoms with van der Waals surface area (Å²) in [5, 5.41) is 7.34. The standard InChI is InChI=1S/C18H16FN3O3S/c1-11(24-14-10-6-5-9-13(14)19)17-21-22-18(25-17)26-15(16(20)23)12-7-3-2-4-8-12/h2-11,15H,1H3,(H2,20,23)/t11-,15+/m1/s1. The van der Waals surface area contributed by atoms with Crippen LogP contribution in [0.3, 0.4) is 0 Å². The molecule has 2 atom stereocenters. The van der Waals surface area contributed by atoms with Crippen molar-refractivity contribution in [2.24, 2.45) is 5.73 Å². The highest BCUT2D eigenvalue weighted by molar-refractivity contribution is 8.00. The summed E-state index contributed by atoms with van der Waals surface area (Å²) in [5.41, 5.74) is 6.22. The summed E-state index contributed by atoms with van der Waals surface area (Å²) in [4.78, 5) is 11.8. The minimum Gasteiger partial charge on any atom is -0.478 e. The average Bonchev–Trinajstić information content (AvgIpc) is 3.11. The summed E-state index contributed by atoms with van der Waals surface area (Å²) >= 11 is 1.05. The van der Waals surface area contributed by atoms with Crippen molar-refractivity contribution in [1.82, 2.24) is 10.2 Å². The van der Waals surface area contributed by atoms with Gasteiger partial charge in [-0.05, 0) is 36.4 Å². The first-order valence-corrected chi connectivity index (χ1v) is 8.68. The van der Waals surface area contributed by atoms with Crippen LogP contribution < -0.4 is 10.5 Å². The lowest BCUT2D eigenvalue weighted by Crippen LogP contribution is -2.18. The van der Waals surface area contributed by atoms with E-state index in [0.29, 0.717) is 0 Å². The van der Waals surface area contributed by atoms with Crippen molar-refractivity contribution >= 4 is 17.7 Å². The molecule has 0 aliphatic heterocycles. The van der Waals surface area contributed by atoms with E-state index >= 15 is 0 Å². The number of hydrogen-bond acceptors (Lipinski definition) is 6. The number of benzene rings is 2. The zero-order chi connectivity index (χ0) is 18.5. The second-order valence-corrected chi connectivity index (χ2v) is 6.46. The number of halogens is 1. The molecule has 0 radical (unpaired) electrons. The fraction of sp³-hybridized carbons (Fsp3) is 0.167. The van der Waals surface area contributed by atoms with Crippen molar-refractivity contribution in [3.05, 3.63) is 71.9 Å². The van der Waals surface area contributed by atoms with E-state index in [0.717, 1.165) is 17.3 Å². The van der Waals surface area contributed by atoms with Crippen molar-refractivity contribution in [1.29, 1.82) is 0 Å². The van der Waals surface area contributed by atoms with Crippen molar-refractivity contribution in [3.63, 3.8) is 0 Å². The monoisotopic (exact) mass is 373 g/mol. The molecule has 3 aromatic rings. The van der Waals surface area contributed by atoms with Gasteiger partial charge in [0.1, 0.15) is 5.25 Å². The Balaban J connectivity index is 1.72. The van der Waals surface area contributed by atoms with Gasteiger partial charge in [-0.3, -0.25) is 4.79 Å². The van der Waals surface area contributed by atoms with Crippen LogP contribution in [0, 0.1) is 5.82 Å². The van der Waals surface area contributed by atoms with Gasteiger partial charge in [-0.25, -0.2) is 4.39 Å². The first kappa shape index (κ1) is 17.9. The van der Waals surface area contributed by atoms with Crippen LogP contribution in [0.25, 0.3) is 0 Å². The van der Waals surface area contributed by atoms with Crippen LogP contribution >= 0.6 is 11.8 Å². The zero-order valence-corrected chi connectivity index (χ0v) is 14.7. The highest BCUT2D eigenvalue weighted by Crippen LogP contribution is 2.35. The molecule has 8 heteroatoms. The van der Waals surface area contributed by atoms with Gasteiger partial charge >= 0.3 is 0 Å². The third-order valence-electron chi connectivity index (χ3n) is 3.49. The number of rotatable bonds is 7. The average molecular weight is 373 g/mol. The van der Waals surface area contributed by atoms with Crippen molar-refractivity contribution < 1.29 is 18.3 Å². The first-order chi connectivity index (χ1) is 12.5. The first-order valence-electron chi connectivity index (χ1n) is 7.80. The topological polar surface area (TPSA) is 91.2 Å². The number of primary amides is 1. The predicted octanol–water partition coefficient (Wildman–Crippen LogP) is 3.67. The minimum atomic E-state index is -0.660. The van der Waals surface area contributed by atoms with E-state index in [1.807, 2.05) is 18.2 Å². The molecule has 26 heavy (non-hydrogen) atoms. The molecule has 134 valence electrons. The number of carbonyl (C=O) groups is 1. The lowest BCUT2D eigenvalue weighted by molar-refractivity contribution is -0.117. The molecule has 0 fully saturated rings. The Bertz CT molecular complexity index is 888. The number of amides is 1. The number of ether oxygens (including phenoxy) is 1. The van der Waals surface area contributed by atoms with Crippen LogP contribution in [0.5, 0.6) is 5.75 Å². The summed E-state index contributed by atoms with van der Waals surface area (Å²) < 4.78 is 24.7. The summed E-state index contributed by atoms with van der Waals surface area (Å²) in [6.07, 6.45) is -0.655. The lowest BCUT2D eigenvalue weighted by Gasteiger charge is -2.12. The van der Waals surface area contributed by atoms with Gasteiger partial charge in [0.25, 0.3) is 11.1 Å². The van der Waals surface area contributed by atoms with Crippen LogP contribution in [0.1, 0.15) is 29.7 Å². The molecule has 0 spiro atoms. The molecule has 2 N–H and O–H groups in total. The van der Waals surface area contributed by atoms with E-state index in [-0.39, 0.29) is 16.9 Å². The molecule has 0 unspecified atom stereocenters. The van der Waals surface area contributed by atoms with Crippen LogP contribution in [0.2, 0.25) is 0 Å². The van der Waals surface area contributed by atoms with Gasteiger partial charge in [-0.15, -0.1) is 10.2 Å². The molecule has 0 aliphatic rings. The van der Waals surface area contributed by atoms with E-state index in [2.05, 4.69) is 10.2 Å². The lowest BCUT2D eigenvalue weighted by atomic mass is 10.1. The Morgan fingerprint density at radius 2 is 1.85 bits per heavy atom. The molecule has 0 bridgehead atoms. The van der Waals surface area contributed by atoms with Crippen molar-refractivity contribution in [2.75, 3.05) is 0 Å². The normalized spacial score (nSPS) is 13.2. The largest absolute Gasteiger partial charge is 0.478 e. The highest BCUT2D eigenvalue weighted by Gasteiger charge is 2.24. The van der Waals surface area contributed by atoms with Crippen molar-refractivity contribution in [2.45, 2.75) is 23.5 Å². The quantitative estimate of drug-likeness (QED) is 0.636. The van der Waals surface area contributed by atoms with Crippen molar-refractivity contribution in [3.8, 4) is 5.75 Å². The smallest absolute Gasteiger partial charge is 0.277 e. The van der Waals surface area contributed by atoms with E-state index in [4.69, 9.17) is 14.9 Å². The number of para-hydroxylation sites is 1. The van der Waals surface area contributed by atoms with Crippen LogP contribution in [-0.4, -0.2) is 16.1 Å². The molecule has 0 saturated carbocycles. The number of nitrogens with two attached hydrogens (primary N) is 1. The summed E-state index contributed by atoms with van der Waals surface area (Å²) in [5.74, 6) is -0.735. The Labute approximate surface area is 153 Å². The number of nitrogens with zero attached hydrogens (tertiary/aromatic N) is 2. The van der Waals surface area contributed by atoms with Gasteiger partial charge in [-0.1, -0.05) is 42.5 Å². The molecular weight excluding hydrogens is 357 g/mol. The van der Waals surface area contributed by atoms with E-state index in [1.165, 1.54) is 12.1 Å². The highest BCUT2D eigenvalue weighted by atomic mass is 32.2. The number of hydrogen-bond donors (Lipinski definition) is 1. The Kier molecular flexibility index (Phi) is 5.52. The third-order valence-corrected chi connectivity index (χ3v) is 4.60. The number of carbonyl (C=O) groups excluding carboxylic acids is 1. The molecule has 1 amide bonds. The Morgan fingerprint density at radius 3 is 2.54 bits per heavy atom. The van der Waals surface area contributed by atoms with Crippen LogP contribution in [0.15, 0.2) is 64.2 Å². The fourth-order valence-electron chi connectivity index (χ4n) is 2.23. The van der Waals surface area contributed by atoms with Gasteiger partial charge in [0.2, 0.25) is 5.91 Å². The van der Waals surface area contributed by atoms with Gasteiger partial charge < -0.3 is 14.9 Å². The van der Waals surface area contributed by atoms with Gasteiger partial charge in [0.05, 0.1) is 0 Å².